The van der Waals surface area contributed by atoms with Crippen LogP contribution in [0.2, 0.25) is 0 Å². The zero-order chi connectivity index (χ0) is 18.1. The quantitative estimate of drug-likeness (QED) is 0.593. The average Bonchev–Trinajstić information content (AvgIpc) is 2.64. The standard InChI is InChI=1S/C20H15N3O3/c24-19-17-10-16(22-20(25)26)7-8-18(17)21-12-23(19)11-13-5-6-14-3-1-2-4-15(14)9-13/h1-10,12,22H,11H2,(H,25,26). The normalized spacial score (nSPS) is 10.9. The van der Waals surface area contributed by atoms with Crippen LogP contribution in [0.4, 0.5) is 10.5 Å². The van der Waals surface area contributed by atoms with Crippen molar-refractivity contribution in [3.63, 3.8) is 0 Å². The molecule has 0 bridgehead atoms. The van der Waals surface area contributed by atoms with Gasteiger partial charge in [0.15, 0.2) is 0 Å². The highest BCUT2D eigenvalue weighted by molar-refractivity contribution is 5.88. The molecule has 4 rings (SSSR count). The molecule has 2 N–H and O–H groups in total. The Balaban J connectivity index is 1.74. The minimum Gasteiger partial charge on any atom is -0.465 e. The maximum Gasteiger partial charge on any atom is 0.409 e. The summed E-state index contributed by atoms with van der Waals surface area (Å²) in [7, 11) is 0. The van der Waals surface area contributed by atoms with Crippen molar-refractivity contribution in [2.24, 2.45) is 0 Å². The predicted molar refractivity (Wildman–Crippen MR) is 101 cm³/mol. The topological polar surface area (TPSA) is 84.2 Å². The van der Waals surface area contributed by atoms with Crippen LogP contribution >= 0.6 is 0 Å². The van der Waals surface area contributed by atoms with Gasteiger partial charge in [-0.15, -0.1) is 0 Å². The lowest BCUT2D eigenvalue weighted by Gasteiger charge is -2.09. The Hall–Kier alpha value is -3.67. The van der Waals surface area contributed by atoms with Crippen LogP contribution in [0.15, 0.2) is 71.8 Å². The molecule has 3 aromatic carbocycles. The summed E-state index contributed by atoms with van der Waals surface area (Å²) in [5, 5.41) is 13.7. The minimum absolute atomic E-state index is 0.211. The van der Waals surface area contributed by atoms with E-state index < -0.39 is 6.09 Å². The lowest BCUT2D eigenvalue weighted by Crippen LogP contribution is -2.21. The van der Waals surface area contributed by atoms with E-state index in [1.165, 1.54) is 17.0 Å². The van der Waals surface area contributed by atoms with Crippen molar-refractivity contribution >= 4 is 33.5 Å². The fourth-order valence-corrected chi connectivity index (χ4v) is 3.01. The van der Waals surface area contributed by atoms with Crippen LogP contribution in [0.3, 0.4) is 0 Å². The first-order valence-corrected chi connectivity index (χ1v) is 8.07. The average molecular weight is 345 g/mol. The van der Waals surface area contributed by atoms with Gasteiger partial charge in [0, 0.05) is 5.69 Å². The van der Waals surface area contributed by atoms with E-state index in [9.17, 15) is 9.59 Å². The molecule has 128 valence electrons. The molecule has 1 heterocycles. The third-order valence-corrected chi connectivity index (χ3v) is 4.24. The van der Waals surface area contributed by atoms with Gasteiger partial charge in [-0.3, -0.25) is 14.7 Å². The summed E-state index contributed by atoms with van der Waals surface area (Å²) in [5.74, 6) is 0. The van der Waals surface area contributed by atoms with Gasteiger partial charge < -0.3 is 5.11 Å². The van der Waals surface area contributed by atoms with Gasteiger partial charge in [-0.05, 0) is 40.6 Å². The molecule has 6 heteroatoms. The van der Waals surface area contributed by atoms with Crippen LogP contribution in [0.25, 0.3) is 21.7 Å². The number of hydrogen-bond acceptors (Lipinski definition) is 3. The molecule has 6 nitrogen and oxygen atoms in total. The molecule has 0 unspecified atom stereocenters. The molecule has 0 atom stereocenters. The van der Waals surface area contributed by atoms with Crippen LogP contribution in [-0.4, -0.2) is 20.8 Å². The lowest BCUT2D eigenvalue weighted by molar-refractivity contribution is 0.210. The second-order valence-corrected chi connectivity index (χ2v) is 6.02. The molecule has 0 spiro atoms. The van der Waals surface area contributed by atoms with Gasteiger partial charge in [0.25, 0.3) is 5.56 Å². The first-order chi connectivity index (χ1) is 12.6. The van der Waals surface area contributed by atoms with E-state index in [0.29, 0.717) is 23.1 Å². The number of nitrogens with zero attached hydrogens (tertiary/aromatic N) is 2. The Morgan fingerprint density at radius 1 is 1.04 bits per heavy atom. The molecule has 0 aliphatic heterocycles. The molecule has 0 aliphatic rings. The number of amides is 1. The second kappa shape index (κ2) is 6.33. The number of carbonyl (C=O) groups is 1. The summed E-state index contributed by atoms with van der Waals surface area (Å²) in [5.41, 5.74) is 1.65. The molecular formula is C20H15N3O3. The largest absolute Gasteiger partial charge is 0.465 e. The Labute approximate surface area is 148 Å². The number of hydrogen-bond donors (Lipinski definition) is 2. The number of fused-ring (bicyclic) bond motifs is 2. The van der Waals surface area contributed by atoms with Crippen LogP contribution in [0.5, 0.6) is 0 Å². The highest BCUT2D eigenvalue weighted by atomic mass is 16.4. The third kappa shape index (κ3) is 3.00. The van der Waals surface area contributed by atoms with Crippen molar-refractivity contribution < 1.29 is 9.90 Å². The van der Waals surface area contributed by atoms with Crippen molar-refractivity contribution in [2.45, 2.75) is 6.54 Å². The molecular weight excluding hydrogens is 330 g/mol. The molecule has 0 fully saturated rings. The SMILES string of the molecule is O=C(O)Nc1ccc2ncn(Cc3ccc4ccccc4c3)c(=O)c2c1. The van der Waals surface area contributed by atoms with E-state index in [0.717, 1.165) is 16.3 Å². The van der Waals surface area contributed by atoms with Gasteiger partial charge in [-0.25, -0.2) is 9.78 Å². The molecule has 1 aromatic heterocycles. The van der Waals surface area contributed by atoms with Gasteiger partial charge in [-0.1, -0.05) is 36.4 Å². The Morgan fingerprint density at radius 3 is 2.65 bits per heavy atom. The molecule has 0 saturated carbocycles. The zero-order valence-corrected chi connectivity index (χ0v) is 13.7. The Bertz CT molecular complexity index is 1200. The minimum atomic E-state index is -1.18. The highest BCUT2D eigenvalue weighted by Gasteiger charge is 2.07. The molecule has 26 heavy (non-hydrogen) atoms. The van der Waals surface area contributed by atoms with Gasteiger partial charge in [0.05, 0.1) is 23.8 Å². The summed E-state index contributed by atoms with van der Waals surface area (Å²) >= 11 is 0. The van der Waals surface area contributed by atoms with E-state index >= 15 is 0 Å². The zero-order valence-electron chi connectivity index (χ0n) is 13.7. The Kier molecular flexibility index (Phi) is 3.85. The van der Waals surface area contributed by atoms with Gasteiger partial charge in [-0.2, -0.15) is 0 Å². The number of nitrogens with one attached hydrogen (secondary N) is 1. The lowest BCUT2D eigenvalue weighted by atomic mass is 10.1. The maximum absolute atomic E-state index is 12.8. The maximum atomic E-state index is 12.8. The fraction of sp³-hybridized carbons (Fsp3) is 0.0500. The monoisotopic (exact) mass is 345 g/mol. The molecule has 1 amide bonds. The Morgan fingerprint density at radius 2 is 1.85 bits per heavy atom. The number of aromatic nitrogens is 2. The molecule has 0 aliphatic carbocycles. The summed E-state index contributed by atoms with van der Waals surface area (Å²) in [4.78, 5) is 27.9. The number of carboxylic acid groups (broad SMARTS) is 1. The van der Waals surface area contributed by atoms with Crippen LogP contribution in [0, 0.1) is 0 Å². The van der Waals surface area contributed by atoms with E-state index in [2.05, 4.69) is 10.3 Å². The van der Waals surface area contributed by atoms with Gasteiger partial charge in [0.2, 0.25) is 0 Å². The van der Waals surface area contributed by atoms with E-state index in [4.69, 9.17) is 5.11 Å². The van der Waals surface area contributed by atoms with Crippen molar-refractivity contribution in [1.29, 1.82) is 0 Å². The smallest absolute Gasteiger partial charge is 0.409 e. The van der Waals surface area contributed by atoms with Crippen molar-refractivity contribution in [1.82, 2.24) is 9.55 Å². The first-order valence-electron chi connectivity index (χ1n) is 8.07. The highest BCUT2D eigenvalue weighted by Crippen LogP contribution is 2.17. The van der Waals surface area contributed by atoms with Crippen molar-refractivity contribution in [2.75, 3.05) is 5.32 Å². The molecule has 4 aromatic rings. The van der Waals surface area contributed by atoms with Crippen molar-refractivity contribution in [3.05, 3.63) is 82.9 Å². The van der Waals surface area contributed by atoms with Crippen LogP contribution < -0.4 is 10.9 Å². The summed E-state index contributed by atoms with van der Waals surface area (Å²) in [6, 6.07) is 18.8. The van der Waals surface area contributed by atoms with E-state index in [1.807, 2.05) is 42.5 Å². The summed E-state index contributed by atoms with van der Waals surface area (Å²) in [6.45, 7) is 0.392. The van der Waals surface area contributed by atoms with Gasteiger partial charge >= 0.3 is 6.09 Å². The van der Waals surface area contributed by atoms with E-state index in [-0.39, 0.29) is 5.56 Å². The van der Waals surface area contributed by atoms with Gasteiger partial charge in [0.1, 0.15) is 0 Å². The van der Waals surface area contributed by atoms with E-state index in [1.54, 1.807) is 12.1 Å². The van der Waals surface area contributed by atoms with Crippen LogP contribution in [-0.2, 0) is 6.54 Å². The number of anilines is 1. The second-order valence-electron chi connectivity index (χ2n) is 6.02. The predicted octanol–water partition coefficient (Wildman–Crippen LogP) is 3.69. The molecule has 0 saturated heterocycles. The first kappa shape index (κ1) is 15.8. The molecule has 0 radical (unpaired) electrons. The number of rotatable bonds is 3. The fourth-order valence-electron chi connectivity index (χ4n) is 3.01. The summed E-state index contributed by atoms with van der Waals surface area (Å²) < 4.78 is 1.52. The van der Waals surface area contributed by atoms with Crippen molar-refractivity contribution in [3.8, 4) is 0 Å². The van der Waals surface area contributed by atoms with Crippen LogP contribution in [0.1, 0.15) is 5.56 Å². The number of benzene rings is 3. The summed E-state index contributed by atoms with van der Waals surface area (Å²) in [6.07, 6.45) is 0.342. The third-order valence-electron chi connectivity index (χ3n) is 4.24.